The number of pyridine rings is 1. The summed E-state index contributed by atoms with van der Waals surface area (Å²) in [7, 11) is 0. The van der Waals surface area contributed by atoms with Gasteiger partial charge in [0.25, 0.3) is 5.69 Å². The van der Waals surface area contributed by atoms with Crippen LogP contribution in [-0.4, -0.2) is 36.3 Å². The minimum Gasteiger partial charge on any atom is -0.320 e. The third kappa shape index (κ3) is 4.96. The molecule has 0 spiro atoms. The number of nitro groups is 1. The summed E-state index contributed by atoms with van der Waals surface area (Å²) >= 11 is 1.20. The smallest absolute Gasteiger partial charge is 0.293 e. The monoisotopic (exact) mass is 474 g/mol. The van der Waals surface area contributed by atoms with Gasteiger partial charge in [0, 0.05) is 24.0 Å². The summed E-state index contributed by atoms with van der Waals surface area (Å²) in [4.78, 5) is 27.6. The Morgan fingerprint density at radius 2 is 1.79 bits per heavy atom. The molecule has 34 heavy (non-hydrogen) atoms. The zero-order valence-corrected chi connectivity index (χ0v) is 19.7. The maximum atomic E-state index is 12.6. The second kappa shape index (κ2) is 9.84. The van der Waals surface area contributed by atoms with Gasteiger partial charge in [-0.25, -0.2) is 0 Å². The van der Waals surface area contributed by atoms with E-state index in [9.17, 15) is 14.9 Å². The van der Waals surface area contributed by atoms with Crippen LogP contribution in [0.15, 0.2) is 66.1 Å². The van der Waals surface area contributed by atoms with Crippen molar-refractivity contribution >= 4 is 29.0 Å². The van der Waals surface area contributed by atoms with Crippen LogP contribution < -0.4 is 5.32 Å². The number of aromatic nitrogens is 4. The van der Waals surface area contributed by atoms with Crippen molar-refractivity contribution in [3.05, 3.63) is 87.7 Å². The van der Waals surface area contributed by atoms with E-state index in [2.05, 4.69) is 20.5 Å². The molecule has 2 heterocycles. The van der Waals surface area contributed by atoms with Crippen LogP contribution in [0.2, 0.25) is 0 Å². The Balaban J connectivity index is 1.61. The fraction of sp³-hybridized carbons (Fsp3) is 0.167. The molecule has 0 aliphatic rings. The molecule has 9 nitrogen and oxygen atoms in total. The van der Waals surface area contributed by atoms with Gasteiger partial charge in [0.05, 0.1) is 16.4 Å². The summed E-state index contributed by atoms with van der Waals surface area (Å²) < 4.78 is 1.90. The number of carbonyl (C=O) groups is 1. The van der Waals surface area contributed by atoms with Crippen LogP contribution in [0, 0.1) is 30.9 Å². The van der Waals surface area contributed by atoms with Gasteiger partial charge < -0.3 is 5.32 Å². The normalized spacial score (nSPS) is 10.8. The molecule has 4 rings (SSSR count). The predicted molar refractivity (Wildman–Crippen MR) is 131 cm³/mol. The highest BCUT2D eigenvalue weighted by molar-refractivity contribution is 7.99. The lowest BCUT2D eigenvalue weighted by Gasteiger charge is -2.12. The summed E-state index contributed by atoms with van der Waals surface area (Å²) in [6, 6.07) is 14.4. The van der Waals surface area contributed by atoms with Crippen molar-refractivity contribution in [3.8, 4) is 17.1 Å². The van der Waals surface area contributed by atoms with E-state index >= 15 is 0 Å². The lowest BCUT2D eigenvalue weighted by Crippen LogP contribution is -2.15. The van der Waals surface area contributed by atoms with Gasteiger partial charge in [-0.15, -0.1) is 10.2 Å². The van der Waals surface area contributed by atoms with Gasteiger partial charge in [-0.1, -0.05) is 23.9 Å². The molecule has 10 heteroatoms. The third-order valence-corrected chi connectivity index (χ3v) is 6.21. The summed E-state index contributed by atoms with van der Waals surface area (Å²) in [6.07, 6.45) is 3.37. The first-order chi connectivity index (χ1) is 16.3. The molecule has 172 valence electrons. The lowest BCUT2D eigenvalue weighted by atomic mass is 10.1. The molecule has 2 aromatic carbocycles. The van der Waals surface area contributed by atoms with Gasteiger partial charge >= 0.3 is 0 Å². The number of carbonyl (C=O) groups excluding carboxylic acids is 1. The van der Waals surface area contributed by atoms with Crippen molar-refractivity contribution in [1.82, 2.24) is 19.7 Å². The number of anilines is 1. The Kier molecular flexibility index (Phi) is 6.69. The Labute approximate surface area is 200 Å². The highest BCUT2D eigenvalue weighted by Crippen LogP contribution is 2.30. The molecule has 0 saturated carbocycles. The van der Waals surface area contributed by atoms with E-state index in [0.29, 0.717) is 11.0 Å². The number of nitro benzene ring substituents is 1. The standard InChI is InChI=1S/C24H22N6O3S/c1-15-4-7-20(21(12-15)30(32)33)26-22(31)14-34-24-28-27-23(18-8-10-25-11-9-18)29(24)19-6-5-16(2)17(3)13-19/h4-13H,14H2,1-3H3,(H,26,31). The summed E-state index contributed by atoms with van der Waals surface area (Å²) in [5.41, 5.74) is 4.75. The molecule has 1 N–H and O–H groups in total. The van der Waals surface area contributed by atoms with E-state index in [1.54, 1.807) is 25.4 Å². The molecule has 4 aromatic rings. The second-order valence-electron chi connectivity index (χ2n) is 7.76. The summed E-state index contributed by atoms with van der Waals surface area (Å²) in [5.74, 6) is 0.254. The molecule has 0 radical (unpaired) electrons. The van der Waals surface area contributed by atoms with Crippen molar-refractivity contribution in [3.63, 3.8) is 0 Å². The van der Waals surface area contributed by atoms with E-state index in [4.69, 9.17) is 0 Å². The van der Waals surface area contributed by atoms with Crippen LogP contribution in [0.4, 0.5) is 11.4 Å². The van der Waals surface area contributed by atoms with Crippen molar-refractivity contribution in [2.45, 2.75) is 25.9 Å². The van der Waals surface area contributed by atoms with Crippen LogP contribution >= 0.6 is 11.8 Å². The number of aryl methyl sites for hydroxylation is 3. The Hall–Kier alpha value is -4.05. The molecular weight excluding hydrogens is 452 g/mol. The highest BCUT2D eigenvalue weighted by Gasteiger charge is 2.20. The average molecular weight is 475 g/mol. The predicted octanol–water partition coefficient (Wildman–Crippen LogP) is 4.89. The van der Waals surface area contributed by atoms with Crippen molar-refractivity contribution in [1.29, 1.82) is 0 Å². The van der Waals surface area contributed by atoms with E-state index in [1.807, 2.05) is 48.7 Å². The van der Waals surface area contributed by atoms with Crippen LogP contribution in [0.5, 0.6) is 0 Å². The van der Waals surface area contributed by atoms with Gasteiger partial charge in [-0.2, -0.15) is 0 Å². The Bertz CT molecular complexity index is 1370. The van der Waals surface area contributed by atoms with Crippen molar-refractivity contribution < 1.29 is 9.72 Å². The first-order valence-electron chi connectivity index (χ1n) is 10.4. The first kappa shape index (κ1) is 23.1. The number of hydrogen-bond acceptors (Lipinski definition) is 7. The molecule has 0 aliphatic heterocycles. The van der Waals surface area contributed by atoms with Gasteiger partial charge in [0.2, 0.25) is 5.91 Å². The number of rotatable bonds is 7. The third-order valence-electron chi connectivity index (χ3n) is 5.28. The highest BCUT2D eigenvalue weighted by atomic mass is 32.2. The molecule has 2 aromatic heterocycles. The molecule has 1 amide bonds. The maximum absolute atomic E-state index is 12.6. The zero-order chi connectivity index (χ0) is 24.2. The largest absolute Gasteiger partial charge is 0.320 e. The molecule has 0 aliphatic carbocycles. The van der Waals surface area contributed by atoms with Crippen molar-refractivity contribution in [2.24, 2.45) is 0 Å². The molecule has 0 unspecified atom stereocenters. The van der Waals surface area contributed by atoms with E-state index in [-0.39, 0.29) is 23.0 Å². The topological polar surface area (TPSA) is 116 Å². The number of nitrogens with zero attached hydrogens (tertiary/aromatic N) is 5. The van der Waals surface area contributed by atoms with Gasteiger partial charge in [-0.05, 0) is 67.8 Å². The van der Waals surface area contributed by atoms with Crippen LogP contribution in [0.1, 0.15) is 16.7 Å². The number of thioether (sulfide) groups is 1. The summed E-state index contributed by atoms with van der Waals surface area (Å²) in [6.45, 7) is 5.83. The fourth-order valence-electron chi connectivity index (χ4n) is 3.36. The molecule has 0 atom stereocenters. The zero-order valence-electron chi connectivity index (χ0n) is 18.8. The Morgan fingerprint density at radius 1 is 1.03 bits per heavy atom. The first-order valence-corrected chi connectivity index (χ1v) is 11.4. The number of benzene rings is 2. The minimum absolute atomic E-state index is 0.00432. The van der Waals surface area contributed by atoms with E-state index in [0.717, 1.165) is 27.9 Å². The van der Waals surface area contributed by atoms with E-state index < -0.39 is 4.92 Å². The lowest BCUT2D eigenvalue weighted by molar-refractivity contribution is -0.384. The van der Waals surface area contributed by atoms with Crippen LogP contribution in [0.3, 0.4) is 0 Å². The van der Waals surface area contributed by atoms with Gasteiger partial charge in [0.15, 0.2) is 11.0 Å². The second-order valence-corrected chi connectivity index (χ2v) is 8.70. The number of nitrogens with one attached hydrogen (secondary N) is 1. The molecule has 0 fully saturated rings. The molecule has 0 bridgehead atoms. The van der Waals surface area contributed by atoms with E-state index in [1.165, 1.54) is 23.9 Å². The van der Waals surface area contributed by atoms with Gasteiger partial charge in [0.1, 0.15) is 5.69 Å². The van der Waals surface area contributed by atoms with Gasteiger partial charge in [-0.3, -0.25) is 24.5 Å². The van der Waals surface area contributed by atoms with Crippen molar-refractivity contribution in [2.75, 3.05) is 11.1 Å². The number of amides is 1. The molecule has 0 saturated heterocycles. The van der Waals surface area contributed by atoms with Crippen LogP contribution in [-0.2, 0) is 4.79 Å². The average Bonchev–Trinajstić information content (AvgIpc) is 3.25. The van der Waals surface area contributed by atoms with Crippen LogP contribution in [0.25, 0.3) is 17.1 Å². The minimum atomic E-state index is -0.507. The quantitative estimate of drug-likeness (QED) is 0.230. The maximum Gasteiger partial charge on any atom is 0.293 e. The fourth-order valence-corrected chi connectivity index (χ4v) is 4.12. The SMILES string of the molecule is Cc1ccc(NC(=O)CSc2nnc(-c3ccncc3)n2-c2ccc(C)c(C)c2)c([N+](=O)[O-])c1. The molecular formula is C24H22N6O3S. The summed E-state index contributed by atoms with van der Waals surface area (Å²) in [5, 5.41) is 23.2. The number of hydrogen-bond donors (Lipinski definition) is 1. The Morgan fingerprint density at radius 3 is 2.50 bits per heavy atom.